The summed E-state index contributed by atoms with van der Waals surface area (Å²) in [6.45, 7) is 3.22. The standard InChI is InChI=1S/C15H20FNO4S/c1-15(2,21-13-6-4-11(16)5-7-13)14(18)17(3)12-8-9-22(19,20)10-12/h4-7,12H,8-10H2,1-3H3/t12-/m1/s1. The van der Waals surface area contributed by atoms with Gasteiger partial charge in [0.2, 0.25) is 0 Å². The maximum absolute atomic E-state index is 12.9. The lowest BCUT2D eigenvalue weighted by Crippen LogP contribution is -2.51. The van der Waals surface area contributed by atoms with Crippen LogP contribution in [0.1, 0.15) is 20.3 Å². The second kappa shape index (κ2) is 5.87. The summed E-state index contributed by atoms with van der Waals surface area (Å²) in [6.07, 6.45) is 0.442. The molecule has 1 heterocycles. The molecule has 22 heavy (non-hydrogen) atoms. The number of carbonyl (C=O) groups is 1. The molecule has 7 heteroatoms. The second-order valence-electron chi connectivity index (χ2n) is 6.04. The number of amides is 1. The van der Waals surface area contributed by atoms with E-state index in [-0.39, 0.29) is 29.3 Å². The van der Waals surface area contributed by atoms with Gasteiger partial charge in [0, 0.05) is 13.1 Å². The molecule has 1 amide bonds. The Bertz CT molecular complexity index is 655. The van der Waals surface area contributed by atoms with Gasteiger partial charge in [0.15, 0.2) is 15.4 Å². The number of sulfone groups is 1. The van der Waals surface area contributed by atoms with E-state index < -0.39 is 15.4 Å². The predicted octanol–water partition coefficient (Wildman–Crippen LogP) is 1.63. The lowest BCUT2D eigenvalue weighted by Gasteiger charge is -2.33. The summed E-state index contributed by atoms with van der Waals surface area (Å²) in [5.74, 6) is -0.216. The number of benzene rings is 1. The third kappa shape index (κ3) is 3.76. The molecule has 1 aliphatic rings. The first-order chi connectivity index (χ1) is 10.1. The molecule has 1 saturated heterocycles. The quantitative estimate of drug-likeness (QED) is 0.842. The van der Waals surface area contributed by atoms with E-state index in [9.17, 15) is 17.6 Å². The maximum atomic E-state index is 12.9. The minimum Gasteiger partial charge on any atom is -0.478 e. The Morgan fingerprint density at radius 1 is 1.32 bits per heavy atom. The molecule has 122 valence electrons. The normalized spacial score (nSPS) is 20.6. The fourth-order valence-electron chi connectivity index (χ4n) is 2.51. The summed E-state index contributed by atoms with van der Waals surface area (Å²) < 4.78 is 41.6. The number of halogens is 1. The van der Waals surface area contributed by atoms with E-state index in [1.165, 1.54) is 29.2 Å². The van der Waals surface area contributed by atoms with Crippen molar-refractivity contribution >= 4 is 15.7 Å². The van der Waals surface area contributed by atoms with Gasteiger partial charge in [-0.2, -0.15) is 0 Å². The van der Waals surface area contributed by atoms with Gasteiger partial charge < -0.3 is 9.64 Å². The molecule has 0 spiro atoms. The van der Waals surface area contributed by atoms with Crippen molar-refractivity contribution in [3.8, 4) is 5.75 Å². The SMILES string of the molecule is CN(C(=O)C(C)(C)Oc1ccc(F)cc1)[C@@H]1CCS(=O)(=O)C1. The lowest BCUT2D eigenvalue weighted by molar-refractivity contribution is -0.145. The second-order valence-corrected chi connectivity index (χ2v) is 8.27. The van der Waals surface area contributed by atoms with Gasteiger partial charge in [-0.1, -0.05) is 0 Å². The molecule has 0 N–H and O–H groups in total. The van der Waals surface area contributed by atoms with Gasteiger partial charge in [-0.25, -0.2) is 12.8 Å². The molecule has 0 unspecified atom stereocenters. The summed E-state index contributed by atoms with van der Waals surface area (Å²) in [6, 6.07) is 5.08. The third-order valence-electron chi connectivity index (χ3n) is 3.78. The number of likely N-dealkylation sites (N-methyl/N-ethyl adjacent to an activating group) is 1. The molecule has 1 aromatic rings. The van der Waals surface area contributed by atoms with Crippen molar-refractivity contribution < 1.29 is 22.3 Å². The van der Waals surface area contributed by atoms with Crippen molar-refractivity contribution in [2.24, 2.45) is 0 Å². The van der Waals surface area contributed by atoms with Crippen LogP contribution in [0.15, 0.2) is 24.3 Å². The van der Waals surface area contributed by atoms with Crippen molar-refractivity contribution in [2.75, 3.05) is 18.6 Å². The van der Waals surface area contributed by atoms with Crippen molar-refractivity contribution in [2.45, 2.75) is 31.9 Å². The first-order valence-electron chi connectivity index (χ1n) is 7.03. The summed E-state index contributed by atoms with van der Waals surface area (Å²) >= 11 is 0. The third-order valence-corrected chi connectivity index (χ3v) is 5.53. The molecular formula is C15H20FNO4S. The molecule has 2 rings (SSSR count). The molecule has 1 aliphatic heterocycles. The predicted molar refractivity (Wildman–Crippen MR) is 80.9 cm³/mol. The minimum atomic E-state index is -3.06. The molecular weight excluding hydrogens is 309 g/mol. The highest BCUT2D eigenvalue weighted by molar-refractivity contribution is 7.91. The lowest BCUT2D eigenvalue weighted by atomic mass is 10.1. The van der Waals surface area contributed by atoms with Gasteiger partial charge in [0.1, 0.15) is 11.6 Å². The topological polar surface area (TPSA) is 63.7 Å². The van der Waals surface area contributed by atoms with Gasteiger partial charge in [0.25, 0.3) is 5.91 Å². The minimum absolute atomic E-state index is 0.0120. The van der Waals surface area contributed by atoms with Gasteiger partial charge in [-0.15, -0.1) is 0 Å². The number of nitrogens with zero attached hydrogens (tertiary/aromatic N) is 1. The van der Waals surface area contributed by atoms with Gasteiger partial charge in [0.05, 0.1) is 11.5 Å². The first-order valence-corrected chi connectivity index (χ1v) is 8.85. The summed E-state index contributed by atoms with van der Waals surface area (Å²) in [5.41, 5.74) is -1.17. The van der Waals surface area contributed by atoms with Crippen molar-refractivity contribution in [1.29, 1.82) is 0 Å². The van der Waals surface area contributed by atoms with E-state index in [0.29, 0.717) is 12.2 Å². The van der Waals surface area contributed by atoms with Crippen molar-refractivity contribution in [1.82, 2.24) is 4.90 Å². The average molecular weight is 329 g/mol. The Morgan fingerprint density at radius 3 is 2.41 bits per heavy atom. The number of carbonyl (C=O) groups excluding carboxylic acids is 1. The molecule has 5 nitrogen and oxygen atoms in total. The van der Waals surface area contributed by atoms with Crippen LogP contribution in [0.4, 0.5) is 4.39 Å². The Kier molecular flexibility index (Phi) is 4.47. The molecule has 1 fully saturated rings. The van der Waals surface area contributed by atoms with Crippen LogP contribution in [0.25, 0.3) is 0 Å². The maximum Gasteiger partial charge on any atom is 0.266 e. The monoisotopic (exact) mass is 329 g/mol. The Hall–Kier alpha value is -1.63. The van der Waals surface area contributed by atoms with E-state index in [1.54, 1.807) is 20.9 Å². The Labute approximate surface area is 130 Å². The van der Waals surface area contributed by atoms with Crippen LogP contribution in [0, 0.1) is 5.82 Å². The van der Waals surface area contributed by atoms with Crippen LogP contribution < -0.4 is 4.74 Å². The molecule has 0 aromatic heterocycles. The largest absolute Gasteiger partial charge is 0.478 e. The van der Waals surface area contributed by atoms with E-state index in [0.717, 1.165) is 0 Å². The highest BCUT2D eigenvalue weighted by atomic mass is 32.2. The first kappa shape index (κ1) is 16.7. The van der Waals surface area contributed by atoms with Crippen LogP contribution in [0.2, 0.25) is 0 Å². The molecule has 1 aromatic carbocycles. The van der Waals surface area contributed by atoms with Crippen LogP contribution in [0.3, 0.4) is 0 Å². The average Bonchev–Trinajstić information content (AvgIpc) is 2.80. The van der Waals surface area contributed by atoms with Crippen LogP contribution in [-0.2, 0) is 14.6 Å². The number of rotatable bonds is 4. The van der Waals surface area contributed by atoms with E-state index in [1.807, 2.05) is 0 Å². The highest BCUT2D eigenvalue weighted by Crippen LogP contribution is 2.23. The molecule has 0 bridgehead atoms. The van der Waals surface area contributed by atoms with Crippen molar-refractivity contribution in [3.05, 3.63) is 30.1 Å². The smallest absolute Gasteiger partial charge is 0.266 e. The molecule has 0 saturated carbocycles. The number of hydrogen-bond acceptors (Lipinski definition) is 4. The highest BCUT2D eigenvalue weighted by Gasteiger charge is 2.39. The summed E-state index contributed by atoms with van der Waals surface area (Å²) in [5, 5.41) is 0. The van der Waals surface area contributed by atoms with Crippen LogP contribution in [0.5, 0.6) is 5.75 Å². The van der Waals surface area contributed by atoms with Crippen LogP contribution >= 0.6 is 0 Å². The number of ether oxygens (including phenoxy) is 1. The zero-order valence-electron chi connectivity index (χ0n) is 12.9. The van der Waals surface area contributed by atoms with Crippen molar-refractivity contribution in [3.63, 3.8) is 0 Å². The van der Waals surface area contributed by atoms with E-state index in [2.05, 4.69) is 0 Å². The number of hydrogen-bond donors (Lipinski definition) is 0. The summed E-state index contributed by atoms with van der Waals surface area (Å²) in [4.78, 5) is 14.0. The fraction of sp³-hybridized carbons (Fsp3) is 0.533. The molecule has 1 atom stereocenters. The van der Waals surface area contributed by atoms with Gasteiger partial charge in [-0.3, -0.25) is 4.79 Å². The van der Waals surface area contributed by atoms with E-state index in [4.69, 9.17) is 4.74 Å². The van der Waals surface area contributed by atoms with Gasteiger partial charge in [-0.05, 0) is 44.5 Å². The zero-order valence-corrected chi connectivity index (χ0v) is 13.7. The molecule has 0 aliphatic carbocycles. The molecule has 0 radical (unpaired) electrons. The zero-order chi connectivity index (χ0) is 16.5. The van der Waals surface area contributed by atoms with Crippen LogP contribution in [-0.4, -0.2) is 49.4 Å². The Balaban J connectivity index is 2.08. The van der Waals surface area contributed by atoms with Gasteiger partial charge >= 0.3 is 0 Å². The van der Waals surface area contributed by atoms with E-state index >= 15 is 0 Å². The fourth-order valence-corrected chi connectivity index (χ4v) is 4.29. The summed E-state index contributed by atoms with van der Waals surface area (Å²) in [7, 11) is -1.47. The Morgan fingerprint density at radius 2 is 1.91 bits per heavy atom.